The molecule has 37 heteroatoms. The Morgan fingerprint density at radius 1 is 0.304 bits per heavy atom. The van der Waals surface area contributed by atoms with E-state index in [4.69, 9.17) is 80.5 Å². The number of hydrogen-bond donors (Lipinski definition) is 0. The van der Waals surface area contributed by atoms with Crippen LogP contribution in [0.5, 0.6) is 46.0 Å². The van der Waals surface area contributed by atoms with Gasteiger partial charge in [0, 0.05) is 52.5 Å². The molecule has 0 aliphatic heterocycles. The van der Waals surface area contributed by atoms with Crippen molar-refractivity contribution in [1.82, 2.24) is 60.0 Å². The lowest BCUT2D eigenvalue weighted by atomic mass is 9.97. The quantitative estimate of drug-likeness (QED) is 0.0228. The Labute approximate surface area is 675 Å². The minimum Gasteiger partial charge on any atom is -0.490 e. The summed E-state index contributed by atoms with van der Waals surface area (Å²) in [6.45, 7) is 13.5. The minimum absolute atomic E-state index is 0.161. The van der Waals surface area contributed by atoms with E-state index in [0.717, 1.165) is 70.3 Å². The number of benzene rings is 4. The van der Waals surface area contributed by atoms with E-state index >= 15 is 0 Å². The van der Waals surface area contributed by atoms with Gasteiger partial charge in [0.05, 0.1) is 181 Å². The first-order chi connectivity index (χ1) is 56.1. The van der Waals surface area contributed by atoms with Crippen molar-refractivity contribution < 1.29 is 99.7 Å². The molecule has 0 saturated heterocycles. The first-order valence-corrected chi connectivity index (χ1v) is 39.7. The number of carbonyl (C=O) groups is 4. The molecule has 115 heavy (non-hydrogen) atoms. The van der Waals surface area contributed by atoms with Crippen LogP contribution >= 0.6 is 0 Å². The first kappa shape index (κ1) is 90.9. The Kier molecular flexibility index (Phi) is 41.8. The van der Waals surface area contributed by atoms with Crippen LogP contribution in [-0.2, 0) is 139 Å². The van der Waals surface area contributed by atoms with Crippen LogP contribution < -0.4 is 37.9 Å². The maximum atomic E-state index is 11.7. The van der Waals surface area contributed by atoms with Gasteiger partial charge < -0.3 is 80.5 Å². The van der Waals surface area contributed by atoms with Crippen LogP contribution in [0.1, 0.15) is 98.4 Å². The topological polar surface area (TPSA) is 348 Å². The zero-order valence-electron chi connectivity index (χ0n) is 67.8. The largest absolute Gasteiger partial charge is 0.490 e. The molecule has 0 aliphatic rings. The predicted octanol–water partition coefficient (Wildman–Crippen LogP) is 3.32. The van der Waals surface area contributed by atoms with Gasteiger partial charge in [-0.3, -0.25) is 19.2 Å². The summed E-state index contributed by atoms with van der Waals surface area (Å²) < 4.78 is 108. The van der Waals surface area contributed by atoms with Crippen LogP contribution in [0.25, 0.3) is 0 Å². The Balaban J connectivity index is 0.786. The fourth-order valence-electron chi connectivity index (χ4n) is 11.4. The molecule has 33 nitrogen and oxygen atoms in total. The number of aryl methyl sites for hydroxylation is 4. The average Bonchev–Trinajstić information content (AvgIpc) is 1.41. The van der Waals surface area contributed by atoms with Gasteiger partial charge in [0.15, 0.2) is 46.0 Å². The Bertz CT molecular complexity index is 3900. The molecule has 0 radical (unpaired) electrons. The normalized spacial score (nSPS) is 11.9. The summed E-state index contributed by atoms with van der Waals surface area (Å²) in [5.74, 6) is 2.04. The van der Waals surface area contributed by atoms with Crippen molar-refractivity contribution in [3.05, 3.63) is 143 Å². The molecule has 8 rings (SSSR count). The fraction of sp³-hybridized carbons (Fsp3) is 0.538. The van der Waals surface area contributed by atoms with Gasteiger partial charge in [-0.05, 0) is 99.9 Å². The molecule has 8 aromatic rings. The van der Waals surface area contributed by atoms with Crippen molar-refractivity contribution in [2.75, 3.05) is 132 Å². The van der Waals surface area contributed by atoms with Crippen molar-refractivity contribution in [3.8, 4) is 46.0 Å². The molecule has 0 aliphatic carbocycles. The van der Waals surface area contributed by atoms with Gasteiger partial charge in [-0.15, -0.1) is 20.4 Å². The van der Waals surface area contributed by atoms with E-state index in [9.17, 15) is 19.2 Å². The average molecular weight is 1600 g/mol. The van der Waals surface area contributed by atoms with Crippen LogP contribution in [0.3, 0.4) is 0 Å². The van der Waals surface area contributed by atoms with Crippen LogP contribution in [0.4, 0.5) is 0 Å². The summed E-state index contributed by atoms with van der Waals surface area (Å²) in [4.78, 5) is 46.8. The van der Waals surface area contributed by atoms with Gasteiger partial charge in [0.1, 0.15) is 43.6 Å². The number of aromatic nitrogens is 12. The minimum atomic E-state index is -0.493. The second kappa shape index (κ2) is 52.8. The van der Waals surface area contributed by atoms with E-state index in [1.54, 1.807) is 43.0 Å². The third kappa shape index (κ3) is 36.0. The van der Waals surface area contributed by atoms with E-state index in [-0.39, 0.29) is 66.1 Å². The molecule has 620 valence electrons. The molecule has 0 amide bonds. The number of ether oxygens (including phenoxy) is 17. The van der Waals surface area contributed by atoms with Gasteiger partial charge in [0.2, 0.25) is 0 Å². The van der Waals surface area contributed by atoms with Crippen LogP contribution in [0, 0.1) is 0 Å². The number of nitrogens with zero attached hydrogens (tertiary/aromatic N) is 12. The first-order valence-electron chi connectivity index (χ1n) is 39.7. The third-order valence-electron chi connectivity index (χ3n) is 17.3. The lowest BCUT2D eigenvalue weighted by molar-refractivity contribution is -0.132. The Morgan fingerprint density at radius 2 is 0.548 bits per heavy atom. The Morgan fingerprint density at radius 3 is 0.800 bits per heavy atom. The zero-order chi connectivity index (χ0) is 81.5. The molecule has 4 heterocycles. The standard InChI is InChI=1S/C78H110B4N12O21/c1-57(95)112-71-17-13-61(45-79)41-75(71)108-25-5-9-65-49-91(87-83-65)21-29-99-33-35-103-53-69(106-39-37-101-31-23-93-51-67(85-89-93)11-7-27-110-77-43-63(47-81)15-19-73(77)114-59(3)97)55-105-56-70(107-40-38-102-32-24-94-52-68(86-90-94)12-8-28-111-78-44-64(48-82)16-20-74(78)115-60(4)98)54-104-36-34-100-30-22-92-50-66(84-88-92)10-6-26-109-76-42-62(46-80)14-18-72(76)113-58(2)96/h13-20,41-44,49-52,69-70H,5-12,21-40,45-48,53-56,79-82H2,1-4H3. The highest BCUT2D eigenvalue weighted by Gasteiger charge is 2.19. The van der Waals surface area contributed by atoms with Gasteiger partial charge in [0.25, 0.3) is 0 Å². The van der Waals surface area contributed by atoms with E-state index in [0.29, 0.717) is 190 Å². The highest BCUT2D eigenvalue weighted by Crippen LogP contribution is 2.33. The summed E-state index contributed by atoms with van der Waals surface area (Å²) >= 11 is 0. The maximum Gasteiger partial charge on any atom is 0.308 e. The lowest BCUT2D eigenvalue weighted by Crippen LogP contribution is -2.32. The summed E-state index contributed by atoms with van der Waals surface area (Å²) in [5, 5.41) is 34.5. The Hall–Kier alpha value is -9.58. The van der Waals surface area contributed by atoms with Gasteiger partial charge in [-0.1, -0.05) is 92.7 Å². The molecule has 0 spiro atoms. The summed E-state index contributed by atoms with van der Waals surface area (Å²) in [7, 11) is 8.20. The fourth-order valence-corrected chi connectivity index (χ4v) is 11.4. The predicted molar refractivity (Wildman–Crippen MR) is 431 cm³/mol. The highest BCUT2D eigenvalue weighted by molar-refractivity contribution is 6.09. The highest BCUT2D eigenvalue weighted by atomic mass is 16.6. The van der Waals surface area contributed by atoms with Crippen molar-refractivity contribution in [2.45, 2.75) is 143 Å². The van der Waals surface area contributed by atoms with Gasteiger partial charge in [-0.25, -0.2) is 18.7 Å². The van der Waals surface area contributed by atoms with E-state index in [1.807, 2.05) is 73.3 Å². The zero-order valence-corrected chi connectivity index (χ0v) is 67.8. The molecule has 2 atom stereocenters. The summed E-state index contributed by atoms with van der Waals surface area (Å²) in [5.41, 5.74) is 7.55. The molecule has 2 unspecified atom stereocenters. The van der Waals surface area contributed by atoms with Crippen molar-refractivity contribution >= 4 is 55.3 Å². The molecule has 0 fully saturated rings. The molecule has 4 aromatic carbocycles. The smallest absolute Gasteiger partial charge is 0.308 e. The molecular formula is C78H110B4N12O21. The molecule has 0 N–H and O–H groups in total. The number of esters is 4. The van der Waals surface area contributed by atoms with Crippen molar-refractivity contribution in [1.29, 1.82) is 0 Å². The van der Waals surface area contributed by atoms with Crippen LogP contribution in [0.2, 0.25) is 0 Å². The molecule has 4 aromatic heterocycles. The maximum absolute atomic E-state index is 11.7. The van der Waals surface area contributed by atoms with Crippen LogP contribution in [0.15, 0.2) is 97.6 Å². The van der Waals surface area contributed by atoms with Gasteiger partial charge in [-0.2, -0.15) is 0 Å². The van der Waals surface area contributed by atoms with Gasteiger partial charge >= 0.3 is 23.9 Å². The summed E-state index contributed by atoms with van der Waals surface area (Å²) in [6, 6.07) is 22.3. The van der Waals surface area contributed by atoms with Crippen molar-refractivity contribution in [2.24, 2.45) is 0 Å². The lowest BCUT2D eigenvalue weighted by Gasteiger charge is -2.22. The number of rotatable bonds is 62. The van der Waals surface area contributed by atoms with Crippen molar-refractivity contribution in [3.63, 3.8) is 0 Å². The molecule has 0 saturated carbocycles. The second-order valence-corrected chi connectivity index (χ2v) is 26.7. The molecular weight excluding hydrogens is 1480 g/mol. The number of hydrogen-bond acceptors (Lipinski definition) is 29. The van der Waals surface area contributed by atoms with E-state index in [1.165, 1.54) is 27.7 Å². The SMILES string of the molecule is BCc1ccc(OC(C)=O)c(OCCCc2cn(CCOCCOCC(COCC(COCCOCCn3cc(CCCOc4cc(CB)ccc4OC(C)=O)nn3)OCCOCCn3cc(CCCOc4cc(CB)ccc4OC(C)=O)nn3)OCCOCCn3cc(CCCOc4cc(CB)ccc4OC(C)=O)nn3)nn2)c1. The summed E-state index contributed by atoms with van der Waals surface area (Å²) in [6.07, 6.45) is 15.1. The van der Waals surface area contributed by atoms with E-state index in [2.05, 4.69) is 72.6 Å². The second-order valence-electron chi connectivity index (χ2n) is 26.7. The van der Waals surface area contributed by atoms with Crippen LogP contribution in [-0.4, -0.2) is 260 Å². The van der Waals surface area contributed by atoms with E-state index < -0.39 is 36.1 Å². The number of carbonyl (C=O) groups excluding carboxylic acids is 4. The molecule has 0 bridgehead atoms. The third-order valence-corrected chi connectivity index (χ3v) is 17.3. The monoisotopic (exact) mass is 1590 g/mol.